The monoisotopic (exact) mass is 383 g/mol. The Hall–Kier alpha value is -3.84. The molecule has 2 heterocycles. The molecule has 0 saturated heterocycles. The van der Waals surface area contributed by atoms with Gasteiger partial charge in [0.25, 0.3) is 0 Å². The normalized spacial score (nSPS) is 15.6. The van der Waals surface area contributed by atoms with Gasteiger partial charge in [-0.1, -0.05) is 38.1 Å². The minimum absolute atomic E-state index is 0.439. The molecule has 2 aromatic carbocycles. The van der Waals surface area contributed by atoms with E-state index >= 15 is 0 Å². The molecule has 0 aliphatic carbocycles. The van der Waals surface area contributed by atoms with Crippen molar-refractivity contribution in [2.24, 2.45) is 12.5 Å². The third kappa shape index (κ3) is 2.55. The third-order valence-corrected chi connectivity index (χ3v) is 5.32. The summed E-state index contributed by atoms with van der Waals surface area (Å²) < 4.78 is 3.87. The maximum absolute atomic E-state index is 12.9. The van der Waals surface area contributed by atoms with Crippen LogP contribution in [0.4, 0.5) is 0 Å². The lowest BCUT2D eigenvalue weighted by atomic mass is 9.73. The minimum Gasteiger partial charge on any atom is -0.246 e. The van der Waals surface area contributed by atoms with Gasteiger partial charge in [-0.2, -0.15) is 10.5 Å². The molecule has 0 bridgehead atoms. The van der Waals surface area contributed by atoms with E-state index in [0.717, 1.165) is 15.7 Å². The van der Waals surface area contributed by atoms with Crippen LogP contribution in [0.5, 0.6) is 0 Å². The van der Waals surface area contributed by atoms with E-state index in [-0.39, 0.29) is 0 Å². The molecule has 7 heteroatoms. The number of aromatic nitrogens is 3. The largest absolute Gasteiger partial charge is 0.347 e. The standard InChI is InChI=1S/C22H17N5O2/c1-22(2)18(16-8-4-14(12-23)5-9-16)26-20(28)25(3)21(29)27(26)19(22)17-10-6-15(13-24)7-11-17/h4-11H,1-3H3. The van der Waals surface area contributed by atoms with E-state index in [1.54, 1.807) is 48.5 Å². The van der Waals surface area contributed by atoms with Crippen molar-refractivity contribution in [3.8, 4) is 12.1 Å². The summed E-state index contributed by atoms with van der Waals surface area (Å²) in [7, 11) is 1.45. The van der Waals surface area contributed by atoms with E-state index in [1.807, 2.05) is 13.8 Å². The van der Waals surface area contributed by atoms with E-state index in [2.05, 4.69) is 12.1 Å². The predicted molar refractivity (Wildman–Crippen MR) is 106 cm³/mol. The zero-order valence-corrected chi connectivity index (χ0v) is 16.2. The van der Waals surface area contributed by atoms with Crippen LogP contribution >= 0.6 is 0 Å². The molecule has 29 heavy (non-hydrogen) atoms. The molecule has 1 aliphatic heterocycles. The van der Waals surface area contributed by atoms with Gasteiger partial charge in [-0.05, 0) is 35.4 Å². The number of fused-ring (bicyclic) bond motifs is 1. The van der Waals surface area contributed by atoms with Gasteiger partial charge >= 0.3 is 11.4 Å². The summed E-state index contributed by atoms with van der Waals surface area (Å²) >= 11 is 0. The van der Waals surface area contributed by atoms with Crippen LogP contribution < -0.4 is 11.4 Å². The SMILES string of the molecule is Cn1c(=O)n2n(c1=O)[C](c1ccc(C#N)cc1)C(C)(C)[C]2c1ccc(C#N)cc1. The van der Waals surface area contributed by atoms with Gasteiger partial charge in [-0.25, -0.2) is 23.5 Å². The molecule has 0 N–H and O–H groups in total. The maximum atomic E-state index is 12.9. The fourth-order valence-corrected chi connectivity index (χ4v) is 3.94. The summed E-state index contributed by atoms with van der Waals surface area (Å²) in [6.45, 7) is 3.90. The second kappa shape index (κ2) is 6.35. The van der Waals surface area contributed by atoms with E-state index < -0.39 is 16.8 Å². The van der Waals surface area contributed by atoms with E-state index in [9.17, 15) is 9.59 Å². The molecule has 1 aromatic heterocycles. The molecule has 0 unspecified atom stereocenters. The number of hydrogen-bond donors (Lipinski definition) is 0. The van der Waals surface area contributed by atoms with Crippen molar-refractivity contribution in [1.82, 2.24) is 13.9 Å². The summed E-state index contributed by atoms with van der Waals surface area (Å²) in [6, 6.07) is 19.4. The molecular formula is C22H17N5O2. The molecule has 0 spiro atoms. The maximum Gasteiger partial charge on any atom is 0.347 e. The molecule has 142 valence electrons. The van der Waals surface area contributed by atoms with Crippen LogP contribution in [0.2, 0.25) is 0 Å². The predicted octanol–water partition coefficient (Wildman–Crippen LogP) is 1.99. The van der Waals surface area contributed by atoms with Gasteiger partial charge in [0, 0.05) is 12.5 Å². The van der Waals surface area contributed by atoms with Crippen molar-refractivity contribution in [2.45, 2.75) is 13.8 Å². The first-order chi connectivity index (χ1) is 13.8. The van der Waals surface area contributed by atoms with Crippen LogP contribution in [0.15, 0.2) is 58.1 Å². The highest BCUT2D eigenvalue weighted by Gasteiger charge is 2.52. The van der Waals surface area contributed by atoms with Crippen LogP contribution in [0, 0.1) is 40.2 Å². The topological polar surface area (TPSA) is 96.5 Å². The Morgan fingerprint density at radius 2 is 1.07 bits per heavy atom. The highest BCUT2D eigenvalue weighted by molar-refractivity contribution is 5.50. The Labute approximate surface area is 167 Å². The van der Waals surface area contributed by atoms with Gasteiger partial charge < -0.3 is 0 Å². The molecule has 1 aliphatic rings. The lowest BCUT2D eigenvalue weighted by Gasteiger charge is -2.30. The molecule has 0 amide bonds. The van der Waals surface area contributed by atoms with Gasteiger partial charge in [0.1, 0.15) is 12.1 Å². The highest BCUT2D eigenvalue weighted by Crippen LogP contribution is 2.50. The van der Waals surface area contributed by atoms with E-state index in [4.69, 9.17) is 10.5 Å². The van der Waals surface area contributed by atoms with Crippen molar-refractivity contribution in [1.29, 1.82) is 10.5 Å². The Kier molecular flexibility index (Phi) is 4.06. The van der Waals surface area contributed by atoms with Gasteiger partial charge in [0.05, 0.1) is 23.3 Å². The molecule has 0 atom stereocenters. The van der Waals surface area contributed by atoms with Crippen molar-refractivity contribution >= 4 is 0 Å². The molecule has 0 fully saturated rings. The minimum atomic E-state index is -0.686. The number of nitriles is 2. The van der Waals surface area contributed by atoms with Crippen LogP contribution in [0.1, 0.15) is 36.1 Å². The number of nitrogens with zero attached hydrogens (tertiary/aromatic N) is 5. The Bertz CT molecular complexity index is 1190. The zero-order valence-electron chi connectivity index (χ0n) is 16.2. The second-order valence-electron chi connectivity index (χ2n) is 7.45. The van der Waals surface area contributed by atoms with Crippen molar-refractivity contribution in [3.63, 3.8) is 0 Å². The fraction of sp³-hybridized carbons (Fsp3) is 0.182. The molecule has 2 radical (unpaired) electrons. The number of rotatable bonds is 2. The molecule has 3 aromatic rings. The quantitative estimate of drug-likeness (QED) is 0.676. The first-order valence-electron chi connectivity index (χ1n) is 8.99. The average molecular weight is 383 g/mol. The summed E-state index contributed by atoms with van der Waals surface area (Å²) in [4.78, 5) is 25.9. The summed E-state index contributed by atoms with van der Waals surface area (Å²) in [5.41, 5.74) is 0.961. The van der Waals surface area contributed by atoms with E-state index in [1.165, 1.54) is 16.4 Å². The second-order valence-corrected chi connectivity index (χ2v) is 7.45. The van der Waals surface area contributed by atoms with Crippen molar-refractivity contribution in [3.05, 3.63) is 104 Å². The van der Waals surface area contributed by atoms with E-state index in [0.29, 0.717) is 23.2 Å². The smallest absolute Gasteiger partial charge is 0.246 e. The molecule has 0 saturated carbocycles. The van der Waals surface area contributed by atoms with Crippen LogP contribution in [-0.2, 0) is 7.05 Å². The molecular weight excluding hydrogens is 366 g/mol. The summed E-state index contributed by atoms with van der Waals surface area (Å²) in [5.74, 6) is 0. The van der Waals surface area contributed by atoms with Crippen LogP contribution in [0.25, 0.3) is 0 Å². The molecule has 7 nitrogen and oxygen atoms in total. The molecule has 4 rings (SSSR count). The number of hydrogen-bond acceptors (Lipinski definition) is 4. The lowest BCUT2D eigenvalue weighted by molar-refractivity contribution is 0.438. The van der Waals surface area contributed by atoms with Crippen LogP contribution in [0.3, 0.4) is 0 Å². The highest BCUT2D eigenvalue weighted by atomic mass is 16.2. The third-order valence-electron chi connectivity index (χ3n) is 5.32. The summed E-state index contributed by atoms with van der Waals surface area (Å²) in [6.07, 6.45) is 0. The van der Waals surface area contributed by atoms with Gasteiger partial charge in [0.2, 0.25) is 0 Å². The first-order valence-corrected chi connectivity index (χ1v) is 8.99. The van der Waals surface area contributed by atoms with Gasteiger partial charge in [-0.15, -0.1) is 0 Å². The Balaban J connectivity index is 1.98. The Morgan fingerprint density at radius 3 is 1.38 bits per heavy atom. The van der Waals surface area contributed by atoms with Gasteiger partial charge in [0.15, 0.2) is 0 Å². The van der Waals surface area contributed by atoms with Crippen molar-refractivity contribution < 1.29 is 0 Å². The van der Waals surface area contributed by atoms with Crippen molar-refractivity contribution in [2.75, 3.05) is 0 Å². The zero-order chi connectivity index (χ0) is 20.9. The van der Waals surface area contributed by atoms with Gasteiger partial charge in [-0.3, -0.25) is 0 Å². The number of benzene rings is 2. The first kappa shape index (κ1) is 18.5. The average Bonchev–Trinajstić information content (AvgIpc) is 3.10. The van der Waals surface area contributed by atoms with Crippen LogP contribution in [-0.4, -0.2) is 13.9 Å². The summed E-state index contributed by atoms with van der Waals surface area (Å²) in [5, 5.41) is 18.2. The fourth-order valence-electron chi connectivity index (χ4n) is 3.94. The Morgan fingerprint density at radius 1 is 0.724 bits per heavy atom. The lowest BCUT2D eigenvalue weighted by Crippen LogP contribution is -2.36.